The molecule has 1 aliphatic rings. The summed E-state index contributed by atoms with van der Waals surface area (Å²) >= 11 is 0. The first-order valence-electron chi connectivity index (χ1n) is 8.32. The zero-order valence-corrected chi connectivity index (χ0v) is 14.7. The molecular formula is C18H22FN5O2. The molecule has 7 nitrogen and oxygen atoms in total. The van der Waals surface area contributed by atoms with Crippen molar-refractivity contribution >= 4 is 23.2 Å². The molecule has 138 valence electrons. The standard InChI is InChI=1S/C18H22FN5O2/c1-10-4-3-5-12(6-10)23-16-14-13(8-22-18(14)25)15(19)17(24-16)21-7-11(20)9-26-2/h3-6,11H,7-9,20H2,1-2H3,(H,22,25)(H2,21,23,24). The number of aromatic nitrogens is 1. The Labute approximate surface area is 151 Å². The Kier molecular flexibility index (Phi) is 5.34. The normalized spacial score (nSPS) is 13.9. The molecule has 1 aromatic carbocycles. The Morgan fingerprint density at radius 1 is 1.42 bits per heavy atom. The topological polar surface area (TPSA) is 101 Å². The number of fused-ring (bicyclic) bond motifs is 1. The molecule has 1 aliphatic heterocycles. The van der Waals surface area contributed by atoms with Gasteiger partial charge in [-0.2, -0.15) is 0 Å². The molecule has 1 unspecified atom stereocenters. The minimum absolute atomic E-state index is 0.0574. The highest BCUT2D eigenvalue weighted by Gasteiger charge is 2.29. The Balaban J connectivity index is 1.93. The summed E-state index contributed by atoms with van der Waals surface area (Å²) in [6, 6.07) is 7.34. The summed E-state index contributed by atoms with van der Waals surface area (Å²) in [5.41, 5.74) is 8.23. The number of carbonyl (C=O) groups is 1. The Bertz CT molecular complexity index is 827. The Hall–Kier alpha value is -2.71. The lowest BCUT2D eigenvalue weighted by atomic mass is 10.1. The van der Waals surface area contributed by atoms with Crippen molar-refractivity contribution in [1.82, 2.24) is 10.3 Å². The predicted molar refractivity (Wildman–Crippen MR) is 98.2 cm³/mol. The van der Waals surface area contributed by atoms with Gasteiger partial charge < -0.3 is 26.4 Å². The minimum Gasteiger partial charge on any atom is -0.383 e. The van der Waals surface area contributed by atoms with Gasteiger partial charge in [0.05, 0.1) is 12.2 Å². The molecule has 1 aromatic heterocycles. The van der Waals surface area contributed by atoms with E-state index in [0.29, 0.717) is 24.5 Å². The number of aryl methyl sites for hydroxylation is 1. The molecule has 5 N–H and O–H groups in total. The van der Waals surface area contributed by atoms with Crippen LogP contribution in [0, 0.1) is 12.7 Å². The number of amides is 1. The van der Waals surface area contributed by atoms with Crippen LogP contribution in [0.25, 0.3) is 0 Å². The second-order valence-electron chi connectivity index (χ2n) is 6.25. The number of anilines is 3. The monoisotopic (exact) mass is 359 g/mol. The van der Waals surface area contributed by atoms with E-state index in [1.54, 1.807) is 7.11 Å². The second-order valence-corrected chi connectivity index (χ2v) is 6.25. The van der Waals surface area contributed by atoms with Gasteiger partial charge >= 0.3 is 0 Å². The number of methoxy groups -OCH3 is 1. The van der Waals surface area contributed by atoms with Crippen LogP contribution in [-0.2, 0) is 11.3 Å². The molecule has 0 aliphatic carbocycles. The van der Waals surface area contributed by atoms with E-state index in [2.05, 4.69) is 20.9 Å². The van der Waals surface area contributed by atoms with Crippen LogP contribution < -0.4 is 21.7 Å². The van der Waals surface area contributed by atoms with Crippen LogP contribution in [0.5, 0.6) is 0 Å². The van der Waals surface area contributed by atoms with Crippen LogP contribution in [0.1, 0.15) is 21.5 Å². The van der Waals surface area contributed by atoms with Gasteiger partial charge in [0.2, 0.25) is 0 Å². The first kappa shape index (κ1) is 18.1. The number of nitrogens with two attached hydrogens (primary N) is 1. The molecule has 2 heterocycles. The van der Waals surface area contributed by atoms with Gasteiger partial charge in [0.15, 0.2) is 11.6 Å². The van der Waals surface area contributed by atoms with Crippen molar-refractivity contribution in [2.24, 2.45) is 5.73 Å². The van der Waals surface area contributed by atoms with E-state index in [4.69, 9.17) is 10.5 Å². The van der Waals surface area contributed by atoms with Gasteiger partial charge in [0, 0.05) is 37.5 Å². The zero-order chi connectivity index (χ0) is 18.7. The lowest BCUT2D eigenvalue weighted by molar-refractivity contribution is 0.0966. The molecule has 0 spiro atoms. The van der Waals surface area contributed by atoms with E-state index < -0.39 is 5.82 Å². The number of ether oxygens (including phenoxy) is 1. The number of nitrogens with one attached hydrogen (secondary N) is 3. The summed E-state index contributed by atoms with van der Waals surface area (Å²) in [5, 5.41) is 8.68. The van der Waals surface area contributed by atoms with E-state index >= 15 is 0 Å². The molecule has 1 atom stereocenters. The molecule has 0 fully saturated rings. The van der Waals surface area contributed by atoms with E-state index in [1.165, 1.54) is 0 Å². The largest absolute Gasteiger partial charge is 0.383 e. The summed E-state index contributed by atoms with van der Waals surface area (Å²) in [7, 11) is 1.55. The summed E-state index contributed by atoms with van der Waals surface area (Å²) in [6.45, 7) is 2.73. The van der Waals surface area contributed by atoms with Crippen molar-refractivity contribution in [2.75, 3.05) is 30.9 Å². The Morgan fingerprint density at radius 2 is 2.23 bits per heavy atom. The third-order valence-electron chi connectivity index (χ3n) is 4.08. The van der Waals surface area contributed by atoms with Crippen LogP contribution in [0.15, 0.2) is 24.3 Å². The quantitative estimate of drug-likeness (QED) is 0.602. The van der Waals surface area contributed by atoms with Crippen LogP contribution in [0.4, 0.5) is 21.7 Å². The third-order valence-corrected chi connectivity index (χ3v) is 4.08. The van der Waals surface area contributed by atoms with Crippen molar-refractivity contribution in [1.29, 1.82) is 0 Å². The highest BCUT2D eigenvalue weighted by molar-refractivity contribution is 6.03. The lowest BCUT2D eigenvalue weighted by Gasteiger charge is -2.16. The highest BCUT2D eigenvalue weighted by atomic mass is 19.1. The molecule has 3 rings (SSSR count). The number of pyridine rings is 1. The van der Waals surface area contributed by atoms with Crippen molar-refractivity contribution in [3.63, 3.8) is 0 Å². The zero-order valence-electron chi connectivity index (χ0n) is 14.7. The summed E-state index contributed by atoms with van der Waals surface area (Å²) in [5.74, 6) is -0.520. The number of halogens is 1. The molecule has 0 bridgehead atoms. The third kappa shape index (κ3) is 3.76. The molecule has 8 heteroatoms. The van der Waals surface area contributed by atoms with E-state index in [1.807, 2.05) is 31.2 Å². The van der Waals surface area contributed by atoms with Gasteiger partial charge in [0.1, 0.15) is 5.82 Å². The van der Waals surface area contributed by atoms with E-state index in [0.717, 1.165) is 11.3 Å². The number of hydrogen-bond acceptors (Lipinski definition) is 6. The number of carbonyl (C=O) groups excluding carboxylic acids is 1. The van der Waals surface area contributed by atoms with Crippen LogP contribution >= 0.6 is 0 Å². The molecule has 26 heavy (non-hydrogen) atoms. The van der Waals surface area contributed by atoms with Gasteiger partial charge in [-0.05, 0) is 24.6 Å². The predicted octanol–water partition coefficient (Wildman–Crippen LogP) is 1.90. The van der Waals surface area contributed by atoms with Gasteiger partial charge in [-0.3, -0.25) is 4.79 Å². The Morgan fingerprint density at radius 3 is 2.96 bits per heavy atom. The van der Waals surface area contributed by atoms with Gasteiger partial charge in [-0.15, -0.1) is 0 Å². The molecule has 0 saturated carbocycles. The highest BCUT2D eigenvalue weighted by Crippen LogP contribution is 2.31. The maximum absolute atomic E-state index is 14.7. The molecular weight excluding hydrogens is 337 g/mol. The SMILES string of the molecule is COCC(N)CNc1nc(Nc2cccc(C)c2)c2c(c1F)CNC2=O. The number of hydrogen-bond donors (Lipinski definition) is 4. The molecule has 1 amide bonds. The lowest BCUT2D eigenvalue weighted by Crippen LogP contribution is -2.33. The van der Waals surface area contributed by atoms with Crippen LogP contribution in [0.2, 0.25) is 0 Å². The minimum atomic E-state index is -0.544. The molecule has 0 saturated heterocycles. The van der Waals surface area contributed by atoms with E-state index in [9.17, 15) is 9.18 Å². The van der Waals surface area contributed by atoms with Crippen molar-refractivity contribution < 1.29 is 13.9 Å². The molecule has 2 aromatic rings. The van der Waals surface area contributed by atoms with Gasteiger partial charge in [-0.25, -0.2) is 9.37 Å². The average molecular weight is 359 g/mol. The maximum atomic E-state index is 14.7. The number of nitrogens with zero attached hydrogens (tertiary/aromatic N) is 1. The number of rotatable bonds is 7. The first-order chi connectivity index (χ1) is 12.5. The summed E-state index contributed by atoms with van der Waals surface area (Å²) in [6.07, 6.45) is 0. The smallest absolute Gasteiger partial charge is 0.255 e. The van der Waals surface area contributed by atoms with Crippen LogP contribution in [0.3, 0.4) is 0 Å². The van der Waals surface area contributed by atoms with Crippen molar-refractivity contribution in [2.45, 2.75) is 19.5 Å². The fraction of sp³-hybridized carbons (Fsp3) is 0.333. The van der Waals surface area contributed by atoms with Crippen molar-refractivity contribution in [3.8, 4) is 0 Å². The first-order valence-corrected chi connectivity index (χ1v) is 8.32. The number of benzene rings is 1. The fourth-order valence-electron chi connectivity index (χ4n) is 2.85. The molecule has 0 radical (unpaired) electrons. The van der Waals surface area contributed by atoms with Gasteiger partial charge in [0.25, 0.3) is 5.91 Å². The van der Waals surface area contributed by atoms with Crippen molar-refractivity contribution in [3.05, 3.63) is 46.8 Å². The average Bonchev–Trinajstić information content (AvgIpc) is 2.99. The fourth-order valence-corrected chi connectivity index (χ4v) is 2.85. The second kappa shape index (κ2) is 7.67. The summed E-state index contributed by atoms with van der Waals surface area (Å²) < 4.78 is 19.7. The van der Waals surface area contributed by atoms with E-state index in [-0.39, 0.29) is 29.9 Å². The van der Waals surface area contributed by atoms with Gasteiger partial charge in [-0.1, -0.05) is 12.1 Å². The maximum Gasteiger partial charge on any atom is 0.255 e. The van der Waals surface area contributed by atoms with Crippen LogP contribution in [-0.4, -0.2) is 37.2 Å². The summed E-state index contributed by atoms with van der Waals surface area (Å²) in [4.78, 5) is 16.4.